The molecule has 0 heterocycles. The van der Waals surface area contributed by atoms with Gasteiger partial charge in [0.15, 0.2) is 6.10 Å². The summed E-state index contributed by atoms with van der Waals surface area (Å²) in [6.07, 6.45) is 6.05. The van der Waals surface area contributed by atoms with Crippen molar-refractivity contribution in [3.8, 4) is 5.75 Å². The van der Waals surface area contributed by atoms with Crippen molar-refractivity contribution in [3.63, 3.8) is 0 Å². The van der Waals surface area contributed by atoms with E-state index in [4.69, 9.17) is 4.74 Å². The molecule has 1 atom stereocenters. The molecule has 0 unspecified atom stereocenters. The summed E-state index contributed by atoms with van der Waals surface area (Å²) in [4.78, 5) is 12.5. The molecule has 1 aliphatic carbocycles. The van der Waals surface area contributed by atoms with E-state index in [2.05, 4.69) is 5.32 Å². The van der Waals surface area contributed by atoms with Gasteiger partial charge in [-0.3, -0.25) is 9.10 Å². The van der Waals surface area contributed by atoms with Crippen LogP contribution < -0.4 is 14.4 Å². The maximum absolute atomic E-state index is 13.1. The largest absolute Gasteiger partial charge is 0.481 e. The fourth-order valence-corrected chi connectivity index (χ4v) is 4.83. The van der Waals surface area contributed by atoms with Crippen molar-refractivity contribution in [3.05, 3.63) is 54.3 Å². The summed E-state index contributed by atoms with van der Waals surface area (Å²) < 4.78 is 45.4. The monoisotopic (exact) mass is 448 g/mol. The van der Waals surface area contributed by atoms with Crippen LogP contribution in [0.2, 0.25) is 0 Å². The van der Waals surface area contributed by atoms with Crippen LogP contribution in [0.5, 0.6) is 5.75 Å². The van der Waals surface area contributed by atoms with Gasteiger partial charge >= 0.3 is 0 Å². The molecule has 0 aromatic heterocycles. The minimum Gasteiger partial charge on any atom is -0.481 e. The van der Waals surface area contributed by atoms with Gasteiger partial charge in [0.2, 0.25) is 0 Å². The van der Waals surface area contributed by atoms with Crippen molar-refractivity contribution in [2.24, 2.45) is 0 Å². The third kappa shape index (κ3) is 5.97. The summed E-state index contributed by atoms with van der Waals surface area (Å²) in [6.45, 7) is 1.70. The van der Waals surface area contributed by atoms with Crippen molar-refractivity contribution in [2.45, 2.75) is 62.5 Å². The van der Waals surface area contributed by atoms with E-state index in [9.17, 15) is 17.6 Å². The van der Waals surface area contributed by atoms with E-state index in [0.717, 1.165) is 42.1 Å². The zero-order valence-corrected chi connectivity index (χ0v) is 18.7. The Balaban J connectivity index is 1.61. The maximum Gasteiger partial charge on any atom is 0.264 e. The molecule has 1 N–H and O–H groups in total. The van der Waals surface area contributed by atoms with Crippen LogP contribution in [0.3, 0.4) is 0 Å². The number of ether oxygens (including phenoxy) is 1. The second-order valence-corrected chi connectivity index (χ2v) is 9.85. The van der Waals surface area contributed by atoms with Crippen molar-refractivity contribution < 1.29 is 22.3 Å². The van der Waals surface area contributed by atoms with Crippen LogP contribution in [-0.2, 0) is 14.8 Å². The van der Waals surface area contributed by atoms with Gasteiger partial charge in [0, 0.05) is 13.1 Å². The van der Waals surface area contributed by atoms with Crippen molar-refractivity contribution in [1.82, 2.24) is 5.32 Å². The number of hydrogen-bond donors (Lipinski definition) is 1. The molecule has 0 spiro atoms. The van der Waals surface area contributed by atoms with Gasteiger partial charge < -0.3 is 10.1 Å². The quantitative estimate of drug-likeness (QED) is 0.643. The fourth-order valence-electron chi connectivity index (χ4n) is 3.64. The molecular weight excluding hydrogens is 419 g/mol. The number of carbonyl (C=O) groups excluding carboxylic acids is 1. The summed E-state index contributed by atoms with van der Waals surface area (Å²) in [5.74, 6) is -0.174. The van der Waals surface area contributed by atoms with Gasteiger partial charge in [-0.15, -0.1) is 0 Å². The molecule has 2 aromatic carbocycles. The molecule has 0 aliphatic heterocycles. The second kappa shape index (κ2) is 10.1. The first-order valence-electron chi connectivity index (χ1n) is 10.6. The minimum atomic E-state index is -3.82. The molecule has 2 aromatic rings. The van der Waals surface area contributed by atoms with Gasteiger partial charge in [-0.1, -0.05) is 25.7 Å². The number of carbonyl (C=O) groups is 1. The number of rotatable bonds is 7. The maximum atomic E-state index is 13.1. The van der Waals surface area contributed by atoms with Crippen LogP contribution in [0, 0.1) is 5.82 Å². The standard InChI is InChI=1S/C23H29FN2O4S/c1-17(23(27)25-19-7-5-3-4-6-8-19)30-21-13-11-20(12-14-21)26(2)31(28,29)22-15-9-18(24)10-16-22/h9-17,19H,3-8H2,1-2H3,(H,25,27)/t17-/m0/s1. The Morgan fingerprint density at radius 1 is 1.03 bits per heavy atom. The molecular formula is C23H29FN2O4S. The Labute approximate surface area is 183 Å². The summed E-state index contributed by atoms with van der Waals surface area (Å²) in [5, 5.41) is 3.07. The van der Waals surface area contributed by atoms with Gasteiger partial charge in [0.25, 0.3) is 15.9 Å². The van der Waals surface area contributed by atoms with Crippen molar-refractivity contribution in [2.75, 3.05) is 11.4 Å². The SMILES string of the molecule is C[C@H](Oc1ccc(N(C)S(=O)(=O)c2ccc(F)cc2)cc1)C(=O)NC1CCCCCC1. The summed E-state index contributed by atoms with van der Waals surface area (Å²) >= 11 is 0. The molecule has 0 saturated heterocycles. The summed E-state index contributed by atoms with van der Waals surface area (Å²) in [6, 6.07) is 11.3. The molecule has 1 amide bonds. The molecule has 1 aliphatic rings. The van der Waals surface area contributed by atoms with Crippen LogP contribution in [-0.4, -0.2) is 33.5 Å². The average Bonchev–Trinajstić information content (AvgIpc) is 3.02. The minimum absolute atomic E-state index is 0.000493. The van der Waals surface area contributed by atoms with Crippen LogP contribution in [0.1, 0.15) is 45.4 Å². The summed E-state index contributed by atoms with van der Waals surface area (Å²) in [5.41, 5.74) is 0.423. The highest BCUT2D eigenvalue weighted by atomic mass is 32.2. The van der Waals surface area contributed by atoms with Crippen LogP contribution in [0.15, 0.2) is 53.4 Å². The van der Waals surface area contributed by atoms with Crippen LogP contribution >= 0.6 is 0 Å². The van der Waals surface area contributed by atoms with Gasteiger partial charge in [0.1, 0.15) is 11.6 Å². The number of amides is 1. The Kier molecular flexibility index (Phi) is 7.54. The van der Waals surface area contributed by atoms with Gasteiger partial charge in [-0.05, 0) is 68.3 Å². The van der Waals surface area contributed by atoms with E-state index in [1.54, 1.807) is 31.2 Å². The molecule has 0 radical (unpaired) electrons. The number of anilines is 1. The number of halogens is 1. The molecule has 31 heavy (non-hydrogen) atoms. The first kappa shape index (κ1) is 23.1. The average molecular weight is 449 g/mol. The molecule has 6 nitrogen and oxygen atoms in total. The molecule has 8 heteroatoms. The van der Waals surface area contributed by atoms with Crippen LogP contribution in [0.25, 0.3) is 0 Å². The fraction of sp³-hybridized carbons (Fsp3) is 0.435. The Morgan fingerprint density at radius 3 is 2.19 bits per heavy atom. The van der Waals surface area contributed by atoms with Crippen LogP contribution in [0.4, 0.5) is 10.1 Å². The highest BCUT2D eigenvalue weighted by Gasteiger charge is 2.22. The molecule has 1 saturated carbocycles. The number of benzene rings is 2. The predicted molar refractivity (Wildman–Crippen MR) is 118 cm³/mol. The van der Waals surface area contributed by atoms with E-state index in [0.29, 0.717) is 11.4 Å². The predicted octanol–water partition coefficient (Wildman–Crippen LogP) is 4.26. The Hall–Kier alpha value is -2.61. The van der Waals surface area contributed by atoms with Gasteiger partial charge in [0.05, 0.1) is 10.6 Å². The number of hydrogen-bond acceptors (Lipinski definition) is 4. The zero-order chi connectivity index (χ0) is 22.4. The van der Waals surface area contributed by atoms with Gasteiger partial charge in [-0.2, -0.15) is 0 Å². The van der Waals surface area contributed by atoms with E-state index >= 15 is 0 Å². The van der Waals surface area contributed by atoms with E-state index < -0.39 is 21.9 Å². The number of sulfonamides is 1. The zero-order valence-electron chi connectivity index (χ0n) is 17.9. The number of nitrogens with zero attached hydrogens (tertiary/aromatic N) is 1. The second-order valence-electron chi connectivity index (χ2n) is 7.88. The normalized spacial score (nSPS) is 16.2. The van der Waals surface area contributed by atoms with Gasteiger partial charge in [-0.25, -0.2) is 12.8 Å². The third-order valence-corrected chi connectivity index (χ3v) is 7.36. The highest BCUT2D eigenvalue weighted by molar-refractivity contribution is 7.92. The van der Waals surface area contributed by atoms with E-state index in [1.165, 1.54) is 32.0 Å². The lowest BCUT2D eigenvalue weighted by Gasteiger charge is -2.21. The van der Waals surface area contributed by atoms with Crippen molar-refractivity contribution >= 4 is 21.6 Å². The smallest absolute Gasteiger partial charge is 0.264 e. The first-order valence-corrected chi connectivity index (χ1v) is 12.0. The van der Waals surface area contributed by atoms with Crippen molar-refractivity contribution in [1.29, 1.82) is 0 Å². The molecule has 0 bridgehead atoms. The highest BCUT2D eigenvalue weighted by Crippen LogP contribution is 2.25. The third-order valence-electron chi connectivity index (χ3n) is 5.56. The lowest BCUT2D eigenvalue weighted by atomic mass is 10.1. The molecule has 3 rings (SSSR count). The lowest BCUT2D eigenvalue weighted by molar-refractivity contribution is -0.128. The summed E-state index contributed by atoms with van der Waals surface area (Å²) in [7, 11) is -2.39. The van der Waals surface area contributed by atoms with E-state index in [1.807, 2.05) is 0 Å². The molecule has 1 fully saturated rings. The first-order chi connectivity index (χ1) is 14.8. The topological polar surface area (TPSA) is 75.7 Å². The van der Waals surface area contributed by atoms with E-state index in [-0.39, 0.29) is 16.8 Å². The lowest BCUT2D eigenvalue weighted by Crippen LogP contribution is -2.42. The molecule has 168 valence electrons. The Morgan fingerprint density at radius 2 is 1.61 bits per heavy atom. The Bertz CT molecular complexity index is 970. The number of nitrogens with one attached hydrogen (secondary N) is 1.